The second-order valence-corrected chi connectivity index (χ2v) is 5.14. The molecule has 6 nitrogen and oxygen atoms in total. The second kappa shape index (κ2) is 7.67. The van der Waals surface area contributed by atoms with Crippen molar-refractivity contribution < 1.29 is 18.3 Å². The Hall–Kier alpha value is -2.77. The van der Waals surface area contributed by atoms with Crippen molar-refractivity contribution in [3.05, 3.63) is 47.6 Å². The van der Waals surface area contributed by atoms with Gasteiger partial charge in [-0.05, 0) is 25.5 Å². The van der Waals surface area contributed by atoms with Gasteiger partial charge in [-0.2, -0.15) is 8.78 Å². The molecule has 1 heterocycles. The van der Waals surface area contributed by atoms with Gasteiger partial charge in [-0.3, -0.25) is 4.79 Å². The molecule has 0 aliphatic heterocycles. The molecule has 0 saturated carbocycles. The van der Waals surface area contributed by atoms with Crippen molar-refractivity contribution in [1.82, 2.24) is 20.1 Å². The molecule has 1 amide bonds. The summed E-state index contributed by atoms with van der Waals surface area (Å²) in [5.41, 5.74) is 0.945. The summed E-state index contributed by atoms with van der Waals surface area (Å²) in [6.07, 6.45) is 1.33. The molecule has 0 atom stereocenters. The molecule has 1 aromatic heterocycles. The predicted molar refractivity (Wildman–Crippen MR) is 84.3 cm³/mol. The molecular formula is C16H18F2N4O2. The largest absolute Gasteiger partial charge is 0.434 e. The quantitative estimate of drug-likeness (QED) is 0.823. The summed E-state index contributed by atoms with van der Waals surface area (Å²) < 4.78 is 31.1. The van der Waals surface area contributed by atoms with Gasteiger partial charge in [0.05, 0.1) is 6.54 Å². The Morgan fingerprint density at radius 1 is 1.38 bits per heavy atom. The van der Waals surface area contributed by atoms with Crippen LogP contribution in [0.3, 0.4) is 0 Å². The van der Waals surface area contributed by atoms with Crippen molar-refractivity contribution in [3.8, 4) is 5.75 Å². The highest BCUT2D eigenvalue weighted by Gasteiger charge is 2.11. The summed E-state index contributed by atoms with van der Waals surface area (Å²) in [7, 11) is 1.80. The van der Waals surface area contributed by atoms with Crippen molar-refractivity contribution in [2.75, 3.05) is 0 Å². The third-order valence-electron chi connectivity index (χ3n) is 3.48. The molecule has 0 spiro atoms. The molecular weight excluding hydrogens is 318 g/mol. The van der Waals surface area contributed by atoms with E-state index in [1.165, 1.54) is 12.1 Å². The van der Waals surface area contributed by atoms with Gasteiger partial charge < -0.3 is 14.6 Å². The summed E-state index contributed by atoms with van der Waals surface area (Å²) in [6.45, 7) is 0.754. The van der Waals surface area contributed by atoms with E-state index in [0.717, 1.165) is 5.82 Å². The van der Waals surface area contributed by atoms with Crippen LogP contribution in [0.5, 0.6) is 5.75 Å². The van der Waals surface area contributed by atoms with Crippen molar-refractivity contribution in [2.45, 2.75) is 27.0 Å². The first-order valence-corrected chi connectivity index (χ1v) is 7.23. The highest BCUT2D eigenvalue weighted by Crippen LogP contribution is 2.26. The number of carbonyl (C=O) groups excluding carboxylic acids is 1. The van der Waals surface area contributed by atoms with E-state index in [1.54, 1.807) is 36.7 Å². The topological polar surface area (TPSA) is 69.0 Å². The normalized spacial score (nSPS) is 11.7. The smallest absolute Gasteiger partial charge is 0.387 e. The number of alkyl halides is 2. The van der Waals surface area contributed by atoms with Gasteiger partial charge in [-0.1, -0.05) is 18.2 Å². The first kappa shape index (κ1) is 17.6. The van der Waals surface area contributed by atoms with Crippen LogP contribution < -0.4 is 10.1 Å². The molecule has 128 valence electrons. The van der Waals surface area contributed by atoms with Crippen LogP contribution in [0.15, 0.2) is 30.3 Å². The molecule has 2 rings (SSSR count). The van der Waals surface area contributed by atoms with Gasteiger partial charge in [0, 0.05) is 18.7 Å². The van der Waals surface area contributed by atoms with Crippen LogP contribution in [0.1, 0.15) is 24.1 Å². The molecule has 0 aliphatic carbocycles. The van der Waals surface area contributed by atoms with E-state index in [2.05, 4.69) is 20.3 Å². The Morgan fingerprint density at radius 3 is 2.71 bits per heavy atom. The minimum Gasteiger partial charge on any atom is -0.434 e. The number of rotatable bonds is 6. The van der Waals surface area contributed by atoms with Crippen molar-refractivity contribution in [3.63, 3.8) is 0 Å². The van der Waals surface area contributed by atoms with Crippen LogP contribution in [0, 0.1) is 6.92 Å². The third-order valence-corrected chi connectivity index (χ3v) is 3.48. The number of benzene rings is 1. The molecule has 0 fully saturated rings. The number of amides is 1. The first-order valence-electron chi connectivity index (χ1n) is 7.23. The zero-order chi connectivity index (χ0) is 17.7. The molecule has 0 unspecified atom stereocenters. The summed E-state index contributed by atoms with van der Waals surface area (Å²) >= 11 is 0. The Morgan fingerprint density at radius 2 is 2.08 bits per heavy atom. The van der Waals surface area contributed by atoms with Crippen LogP contribution in [0.4, 0.5) is 8.78 Å². The highest BCUT2D eigenvalue weighted by atomic mass is 19.3. The van der Waals surface area contributed by atoms with E-state index in [-0.39, 0.29) is 18.2 Å². The molecule has 0 bridgehead atoms. The summed E-state index contributed by atoms with van der Waals surface area (Å²) in [5, 5.41) is 10.5. The molecule has 8 heteroatoms. The maximum atomic E-state index is 12.4. The first-order chi connectivity index (χ1) is 11.4. The number of aryl methyl sites for hydroxylation is 1. The SMILES string of the molecule is C/C(=C/C(=O)NCc1nnc(C)n1C)c1ccccc1OC(F)F. The Kier molecular flexibility index (Phi) is 5.62. The lowest BCUT2D eigenvalue weighted by Gasteiger charge is -2.11. The molecule has 0 saturated heterocycles. The van der Waals surface area contributed by atoms with Crippen LogP contribution >= 0.6 is 0 Å². The predicted octanol–water partition coefficient (Wildman–Crippen LogP) is 2.44. The number of hydrogen-bond acceptors (Lipinski definition) is 4. The minimum absolute atomic E-state index is 0.0259. The molecule has 24 heavy (non-hydrogen) atoms. The number of hydrogen-bond donors (Lipinski definition) is 1. The van der Waals surface area contributed by atoms with Crippen molar-refractivity contribution in [1.29, 1.82) is 0 Å². The zero-order valence-electron chi connectivity index (χ0n) is 13.6. The third kappa shape index (κ3) is 4.37. The fourth-order valence-corrected chi connectivity index (χ4v) is 2.09. The van der Waals surface area contributed by atoms with Gasteiger partial charge >= 0.3 is 6.61 Å². The lowest BCUT2D eigenvalue weighted by atomic mass is 10.1. The van der Waals surface area contributed by atoms with E-state index >= 15 is 0 Å². The lowest BCUT2D eigenvalue weighted by molar-refractivity contribution is -0.116. The van der Waals surface area contributed by atoms with E-state index in [4.69, 9.17) is 0 Å². The van der Waals surface area contributed by atoms with Gasteiger partial charge in [0.15, 0.2) is 5.82 Å². The maximum Gasteiger partial charge on any atom is 0.387 e. The molecule has 1 N–H and O–H groups in total. The van der Waals surface area contributed by atoms with E-state index in [0.29, 0.717) is 17.0 Å². The Bertz CT molecular complexity index is 756. The van der Waals surface area contributed by atoms with Gasteiger partial charge in [0.1, 0.15) is 11.6 Å². The van der Waals surface area contributed by atoms with Crippen LogP contribution in [-0.2, 0) is 18.4 Å². The van der Waals surface area contributed by atoms with E-state index < -0.39 is 6.61 Å². The molecule has 2 aromatic rings. The average Bonchev–Trinajstić information content (AvgIpc) is 2.84. The average molecular weight is 336 g/mol. The number of ether oxygens (including phenoxy) is 1. The Balaban J connectivity index is 2.07. The van der Waals surface area contributed by atoms with Crippen molar-refractivity contribution >= 4 is 11.5 Å². The van der Waals surface area contributed by atoms with E-state index in [9.17, 15) is 13.6 Å². The molecule has 0 aliphatic rings. The minimum atomic E-state index is -2.92. The fraction of sp³-hybridized carbons (Fsp3) is 0.312. The molecule has 1 aromatic carbocycles. The number of aromatic nitrogens is 3. The number of carbonyl (C=O) groups is 1. The number of allylic oxidation sites excluding steroid dienone is 1. The Labute approximate surface area is 138 Å². The number of para-hydroxylation sites is 1. The maximum absolute atomic E-state index is 12.4. The number of halogens is 2. The zero-order valence-corrected chi connectivity index (χ0v) is 13.6. The summed E-state index contributed by atoms with van der Waals surface area (Å²) in [5.74, 6) is 1.02. The van der Waals surface area contributed by atoms with Gasteiger partial charge in [0.25, 0.3) is 0 Å². The standard InChI is InChI=1S/C16H18F2N4O2/c1-10(12-6-4-5-7-13(12)24-16(17)18)8-15(23)19-9-14-21-20-11(2)22(14)3/h4-8,16H,9H2,1-3H3,(H,19,23)/b10-8-. The monoisotopic (exact) mass is 336 g/mol. The van der Waals surface area contributed by atoms with Gasteiger partial charge in [0.2, 0.25) is 5.91 Å². The second-order valence-electron chi connectivity index (χ2n) is 5.14. The van der Waals surface area contributed by atoms with Gasteiger partial charge in [-0.15, -0.1) is 10.2 Å². The lowest BCUT2D eigenvalue weighted by Crippen LogP contribution is -2.22. The number of nitrogens with one attached hydrogen (secondary N) is 1. The fourth-order valence-electron chi connectivity index (χ4n) is 2.09. The van der Waals surface area contributed by atoms with Crippen molar-refractivity contribution in [2.24, 2.45) is 7.05 Å². The van der Waals surface area contributed by atoms with Crippen LogP contribution in [0.25, 0.3) is 5.57 Å². The van der Waals surface area contributed by atoms with Gasteiger partial charge in [-0.25, -0.2) is 0 Å². The summed E-state index contributed by atoms with van der Waals surface area (Å²) in [6, 6.07) is 6.32. The van der Waals surface area contributed by atoms with Crippen LogP contribution in [-0.4, -0.2) is 27.3 Å². The highest BCUT2D eigenvalue weighted by molar-refractivity contribution is 5.95. The van der Waals surface area contributed by atoms with Crippen LogP contribution in [0.2, 0.25) is 0 Å². The number of nitrogens with zero attached hydrogens (tertiary/aromatic N) is 3. The van der Waals surface area contributed by atoms with E-state index in [1.807, 2.05) is 6.92 Å². The molecule has 0 radical (unpaired) electrons. The summed E-state index contributed by atoms with van der Waals surface area (Å²) in [4.78, 5) is 12.0.